The third kappa shape index (κ3) is 4.76. The lowest BCUT2D eigenvalue weighted by Gasteiger charge is -2.28. The smallest absolute Gasteiger partial charge is 0.255 e. The summed E-state index contributed by atoms with van der Waals surface area (Å²) in [5.74, 6) is 0.966. The minimum absolute atomic E-state index is 0.0761. The molecule has 0 unspecified atom stereocenters. The predicted molar refractivity (Wildman–Crippen MR) is 132 cm³/mol. The number of nitrogens with zero attached hydrogens (tertiary/aromatic N) is 1. The maximum Gasteiger partial charge on any atom is 0.255 e. The van der Waals surface area contributed by atoms with Crippen molar-refractivity contribution in [2.24, 2.45) is 0 Å². The largest absolute Gasteiger partial charge is 0.493 e. The number of benzene rings is 3. The Hall–Kier alpha value is -3.80. The lowest BCUT2D eigenvalue weighted by molar-refractivity contribution is -0.117. The molecule has 1 N–H and O–H groups in total. The van der Waals surface area contributed by atoms with E-state index in [1.165, 1.54) is 0 Å². The van der Waals surface area contributed by atoms with E-state index in [0.29, 0.717) is 30.2 Å². The first-order valence-corrected chi connectivity index (χ1v) is 11.5. The topological polar surface area (TPSA) is 67.9 Å². The van der Waals surface area contributed by atoms with Crippen molar-refractivity contribution in [1.29, 1.82) is 0 Å². The standard InChI is InChI=1S/C28H30N2O4/c1-5-34-25-13-11-20(15-26(25)33-4)24(30-17-21-8-6-7-9-22(21)28(30)32)16-27(31)29-23-12-10-18(2)14-19(23)3/h6-15,24H,5,16-17H2,1-4H3,(H,29,31)/t24-/m0/s1. The van der Waals surface area contributed by atoms with Crippen LogP contribution < -0.4 is 14.8 Å². The van der Waals surface area contributed by atoms with E-state index in [1.54, 1.807) is 12.0 Å². The molecule has 176 valence electrons. The molecule has 0 radical (unpaired) electrons. The van der Waals surface area contributed by atoms with Crippen LogP contribution in [-0.4, -0.2) is 30.4 Å². The number of hydrogen-bond acceptors (Lipinski definition) is 4. The van der Waals surface area contributed by atoms with E-state index in [4.69, 9.17) is 9.47 Å². The summed E-state index contributed by atoms with van der Waals surface area (Å²) in [7, 11) is 1.58. The molecule has 1 aliphatic rings. The molecule has 6 nitrogen and oxygen atoms in total. The van der Waals surface area contributed by atoms with Crippen LogP contribution in [-0.2, 0) is 11.3 Å². The molecule has 1 atom stereocenters. The van der Waals surface area contributed by atoms with Gasteiger partial charge in [-0.1, -0.05) is 42.0 Å². The van der Waals surface area contributed by atoms with Crippen LogP contribution in [0.25, 0.3) is 0 Å². The van der Waals surface area contributed by atoms with Gasteiger partial charge in [0.25, 0.3) is 5.91 Å². The molecule has 1 heterocycles. The van der Waals surface area contributed by atoms with Crippen LogP contribution in [0.15, 0.2) is 60.7 Å². The quantitative estimate of drug-likeness (QED) is 0.488. The Bertz CT molecular complexity index is 1220. The summed E-state index contributed by atoms with van der Waals surface area (Å²) in [5.41, 5.74) is 5.37. The van der Waals surface area contributed by atoms with Gasteiger partial charge in [-0.15, -0.1) is 0 Å². The summed E-state index contributed by atoms with van der Waals surface area (Å²) < 4.78 is 11.2. The fourth-order valence-corrected chi connectivity index (χ4v) is 4.43. The van der Waals surface area contributed by atoms with Crippen molar-refractivity contribution in [3.63, 3.8) is 0 Å². The zero-order valence-corrected chi connectivity index (χ0v) is 20.1. The van der Waals surface area contributed by atoms with E-state index >= 15 is 0 Å². The lowest BCUT2D eigenvalue weighted by atomic mass is 10.0. The fourth-order valence-electron chi connectivity index (χ4n) is 4.43. The number of methoxy groups -OCH3 is 1. The highest BCUT2D eigenvalue weighted by atomic mass is 16.5. The molecule has 0 saturated carbocycles. The number of anilines is 1. The zero-order chi connectivity index (χ0) is 24.2. The van der Waals surface area contributed by atoms with Crippen molar-refractivity contribution in [2.75, 3.05) is 19.0 Å². The van der Waals surface area contributed by atoms with Crippen LogP contribution in [0.3, 0.4) is 0 Å². The van der Waals surface area contributed by atoms with E-state index in [-0.39, 0.29) is 18.2 Å². The van der Waals surface area contributed by atoms with Crippen LogP contribution in [0, 0.1) is 13.8 Å². The second kappa shape index (κ2) is 10.00. The highest BCUT2D eigenvalue weighted by Crippen LogP contribution is 2.37. The maximum absolute atomic E-state index is 13.3. The molecule has 0 saturated heterocycles. The van der Waals surface area contributed by atoms with Gasteiger partial charge in [0.15, 0.2) is 11.5 Å². The third-order valence-corrected chi connectivity index (χ3v) is 6.13. The number of carbonyl (C=O) groups is 2. The molecular weight excluding hydrogens is 428 g/mol. The van der Waals surface area contributed by atoms with E-state index < -0.39 is 6.04 Å². The number of amides is 2. The van der Waals surface area contributed by atoms with Gasteiger partial charge < -0.3 is 19.7 Å². The second-order valence-electron chi connectivity index (χ2n) is 8.52. The average Bonchev–Trinajstić information content (AvgIpc) is 3.16. The van der Waals surface area contributed by atoms with Gasteiger partial charge in [0.2, 0.25) is 5.91 Å². The van der Waals surface area contributed by atoms with E-state index in [9.17, 15) is 9.59 Å². The van der Waals surface area contributed by atoms with Gasteiger partial charge in [0.1, 0.15) is 0 Å². The Morgan fingerprint density at radius 2 is 1.85 bits per heavy atom. The SMILES string of the molecule is CCOc1ccc([C@H](CC(=O)Nc2ccc(C)cc2C)N2Cc3ccccc3C2=O)cc1OC. The molecule has 6 heteroatoms. The number of aryl methyl sites for hydroxylation is 2. The first-order chi connectivity index (χ1) is 16.4. The van der Waals surface area contributed by atoms with Crippen LogP contribution in [0.4, 0.5) is 5.69 Å². The minimum Gasteiger partial charge on any atom is -0.493 e. The van der Waals surface area contributed by atoms with Gasteiger partial charge in [-0.2, -0.15) is 0 Å². The summed E-state index contributed by atoms with van der Waals surface area (Å²) in [6, 6.07) is 18.6. The van der Waals surface area contributed by atoms with Gasteiger partial charge >= 0.3 is 0 Å². The number of nitrogens with one attached hydrogen (secondary N) is 1. The van der Waals surface area contributed by atoms with Crippen molar-refractivity contribution in [3.8, 4) is 11.5 Å². The molecule has 0 bridgehead atoms. The monoisotopic (exact) mass is 458 g/mol. The van der Waals surface area contributed by atoms with Gasteiger partial charge in [-0.25, -0.2) is 0 Å². The molecule has 3 aromatic rings. The molecule has 4 rings (SSSR count). The predicted octanol–water partition coefficient (Wildman–Crippen LogP) is 5.44. The van der Waals surface area contributed by atoms with Gasteiger partial charge in [-0.05, 0) is 61.7 Å². The summed E-state index contributed by atoms with van der Waals surface area (Å²) in [4.78, 5) is 28.3. The second-order valence-corrected chi connectivity index (χ2v) is 8.52. The van der Waals surface area contributed by atoms with Crippen molar-refractivity contribution in [2.45, 2.75) is 39.8 Å². The first-order valence-electron chi connectivity index (χ1n) is 11.5. The highest BCUT2D eigenvalue weighted by Gasteiger charge is 2.35. The molecule has 0 aromatic heterocycles. The molecule has 0 spiro atoms. The molecule has 1 aliphatic heterocycles. The molecule has 3 aromatic carbocycles. The third-order valence-electron chi connectivity index (χ3n) is 6.13. The van der Waals surface area contributed by atoms with Crippen molar-refractivity contribution in [1.82, 2.24) is 4.90 Å². The van der Waals surface area contributed by atoms with Crippen molar-refractivity contribution in [3.05, 3.63) is 88.5 Å². The molecule has 34 heavy (non-hydrogen) atoms. The van der Waals surface area contributed by atoms with Crippen molar-refractivity contribution < 1.29 is 19.1 Å². The normalized spacial score (nSPS) is 13.4. The molecule has 2 amide bonds. The van der Waals surface area contributed by atoms with Gasteiger partial charge in [-0.3, -0.25) is 9.59 Å². The molecule has 0 fully saturated rings. The number of carbonyl (C=O) groups excluding carboxylic acids is 2. The fraction of sp³-hybridized carbons (Fsp3) is 0.286. The van der Waals surface area contributed by atoms with E-state index in [2.05, 4.69) is 5.32 Å². The van der Waals surface area contributed by atoms with E-state index in [1.807, 2.05) is 81.4 Å². The average molecular weight is 459 g/mol. The Balaban J connectivity index is 1.66. The summed E-state index contributed by atoms with van der Waals surface area (Å²) >= 11 is 0. The number of rotatable bonds is 8. The Morgan fingerprint density at radius 1 is 1.06 bits per heavy atom. The Kier molecular flexibility index (Phi) is 6.87. The van der Waals surface area contributed by atoms with Crippen molar-refractivity contribution >= 4 is 17.5 Å². The van der Waals surface area contributed by atoms with E-state index in [0.717, 1.165) is 27.9 Å². The summed E-state index contributed by atoms with van der Waals surface area (Å²) in [6.07, 6.45) is 0.115. The number of fused-ring (bicyclic) bond motifs is 1. The van der Waals surface area contributed by atoms with Crippen LogP contribution in [0.1, 0.15) is 52.0 Å². The lowest BCUT2D eigenvalue weighted by Crippen LogP contribution is -2.32. The minimum atomic E-state index is -0.463. The summed E-state index contributed by atoms with van der Waals surface area (Å²) in [6.45, 7) is 6.86. The summed E-state index contributed by atoms with van der Waals surface area (Å²) in [5, 5.41) is 3.02. The Labute approximate surface area is 200 Å². The molecule has 0 aliphatic carbocycles. The number of ether oxygens (including phenoxy) is 2. The zero-order valence-electron chi connectivity index (χ0n) is 20.1. The Morgan fingerprint density at radius 3 is 2.56 bits per heavy atom. The highest BCUT2D eigenvalue weighted by molar-refractivity contribution is 5.99. The van der Waals surface area contributed by atoms with Crippen LogP contribution in [0.2, 0.25) is 0 Å². The van der Waals surface area contributed by atoms with Gasteiger partial charge in [0.05, 0.1) is 26.2 Å². The maximum atomic E-state index is 13.3. The first kappa shape index (κ1) is 23.4. The molecular formula is C28H30N2O4. The van der Waals surface area contributed by atoms with Crippen LogP contribution >= 0.6 is 0 Å². The van der Waals surface area contributed by atoms with Crippen LogP contribution in [0.5, 0.6) is 11.5 Å². The number of hydrogen-bond donors (Lipinski definition) is 1. The van der Waals surface area contributed by atoms with Gasteiger partial charge in [0, 0.05) is 17.8 Å².